The number of hydrogen-bond acceptors (Lipinski definition) is 2. The Balaban J connectivity index is 2.76. The molecule has 1 amide bonds. The average Bonchev–Trinajstić information content (AvgIpc) is 2.27. The van der Waals surface area contributed by atoms with Crippen molar-refractivity contribution in [2.24, 2.45) is 4.99 Å². The molecule has 1 fully saturated rings. The normalized spacial score (nSPS) is 30.8. The third kappa shape index (κ3) is 1.99. The first kappa shape index (κ1) is 10.0. The van der Waals surface area contributed by atoms with Crippen molar-refractivity contribution >= 4 is 11.9 Å². The molecule has 0 bridgehead atoms. The molecule has 13 heavy (non-hydrogen) atoms. The summed E-state index contributed by atoms with van der Waals surface area (Å²) in [5.74, 6) is 0.610. The van der Waals surface area contributed by atoms with E-state index >= 15 is 0 Å². The van der Waals surface area contributed by atoms with E-state index in [9.17, 15) is 4.79 Å². The molecule has 0 aliphatic carbocycles. The molecule has 1 unspecified atom stereocenters. The number of guanidine groups is 1. The van der Waals surface area contributed by atoms with Crippen molar-refractivity contribution in [1.82, 2.24) is 10.6 Å². The van der Waals surface area contributed by atoms with E-state index in [-0.39, 0.29) is 11.9 Å². The molecule has 1 saturated heterocycles. The van der Waals surface area contributed by atoms with Gasteiger partial charge in [-0.25, -0.2) is 0 Å². The molecule has 1 atom stereocenters. The highest BCUT2D eigenvalue weighted by molar-refractivity contribution is 6.08. The maximum absolute atomic E-state index is 11.5. The molecule has 0 spiro atoms. The van der Waals surface area contributed by atoms with Crippen molar-refractivity contribution in [3.05, 3.63) is 0 Å². The van der Waals surface area contributed by atoms with Gasteiger partial charge in [0, 0.05) is 6.04 Å². The lowest BCUT2D eigenvalue weighted by Gasteiger charge is -2.17. The molecule has 0 aromatic carbocycles. The van der Waals surface area contributed by atoms with Crippen LogP contribution in [0.3, 0.4) is 0 Å². The summed E-state index contributed by atoms with van der Waals surface area (Å²) in [4.78, 5) is 15.7. The summed E-state index contributed by atoms with van der Waals surface area (Å²) >= 11 is 0. The predicted molar refractivity (Wildman–Crippen MR) is 52.5 cm³/mol. The molecule has 1 aliphatic heterocycles. The Morgan fingerprint density at radius 3 is 2.54 bits per heavy atom. The third-order valence-corrected chi connectivity index (χ3v) is 2.22. The largest absolute Gasteiger partial charge is 0.342 e. The summed E-state index contributed by atoms with van der Waals surface area (Å²) < 4.78 is 0. The van der Waals surface area contributed by atoms with Crippen LogP contribution in [-0.4, -0.2) is 23.4 Å². The lowest BCUT2D eigenvalue weighted by Crippen LogP contribution is -2.42. The number of carbonyl (C=O) groups is 1. The van der Waals surface area contributed by atoms with E-state index in [1.807, 2.05) is 27.7 Å². The lowest BCUT2D eigenvalue weighted by atomic mass is 10.0. The average molecular weight is 183 g/mol. The second-order valence-corrected chi connectivity index (χ2v) is 3.84. The van der Waals surface area contributed by atoms with Crippen LogP contribution in [0.5, 0.6) is 0 Å². The van der Waals surface area contributed by atoms with Gasteiger partial charge in [-0.1, -0.05) is 6.92 Å². The first-order valence-electron chi connectivity index (χ1n) is 4.65. The van der Waals surface area contributed by atoms with Crippen LogP contribution in [0.25, 0.3) is 0 Å². The second kappa shape index (κ2) is 3.36. The van der Waals surface area contributed by atoms with Crippen molar-refractivity contribution in [2.45, 2.75) is 45.7 Å². The minimum absolute atomic E-state index is 0.00870. The number of aliphatic imine (C=N–C) groups is 1. The number of nitrogens with one attached hydrogen (secondary N) is 2. The zero-order chi connectivity index (χ0) is 10.1. The Kier molecular flexibility index (Phi) is 2.59. The third-order valence-electron chi connectivity index (χ3n) is 2.22. The van der Waals surface area contributed by atoms with E-state index in [0.29, 0.717) is 5.96 Å². The minimum atomic E-state index is -0.478. The van der Waals surface area contributed by atoms with Crippen LogP contribution < -0.4 is 10.6 Å². The number of hydrogen-bond donors (Lipinski definition) is 2. The van der Waals surface area contributed by atoms with Gasteiger partial charge in [-0.05, 0) is 27.2 Å². The Morgan fingerprint density at radius 2 is 2.15 bits per heavy atom. The Bertz CT molecular complexity index is 247. The molecule has 1 heterocycles. The van der Waals surface area contributed by atoms with E-state index in [0.717, 1.165) is 6.42 Å². The lowest BCUT2D eigenvalue weighted by molar-refractivity contribution is -0.123. The first-order chi connectivity index (χ1) is 5.98. The van der Waals surface area contributed by atoms with Crippen molar-refractivity contribution in [1.29, 1.82) is 0 Å². The molecule has 0 radical (unpaired) electrons. The van der Waals surface area contributed by atoms with Crippen LogP contribution in [0.15, 0.2) is 4.99 Å². The zero-order valence-electron chi connectivity index (χ0n) is 8.64. The SMILES string of the molecule is CCC1(C)NC(=NC(C)C)NC1=O. The number of nitrogens with zero attached hydrogens (tertiary/aromatic N) is 1. The van der Waals surface area contributed by atoms with Gasteiger partial charge in [0.1, 0.15) is 5.54 Å². The molecule has 0 aromatic heterocycles. The Labute approximate surface area is 78.8 Å². The minimum Gasteiger partial charge on any atom is -0.342 e. The van der Waals surface area contributed by atoms with Gasteiger partial charge in [0.15, 0.2) is 5.96 Å². The molecule has 1 aliphatic rings. The smallest absolute Gasteiger partial charge is 0.252 e. The van der Waals surface area contributed by atoms with E-state index in [4.69, 9.17) is 0 Å². The van der Waals surface area contributed by atoms with Crippen LogP contribution in [0.2, 0.25) is 0 Å². The number of carbonyl (C=O) groups excluding carboxylic acids is 1. The maximum Gasteiger partial charge on any atom is 0.252 e. The van der Waals surface area contributed by atoms with Crippen LogP contribution >= 0.6 is 0 Å². The van der Waals surface area contributed by atoms with Crippen molar-refractivity contribution in [3.8, 4) is 0 Å². The van der Waals surface area contributed by atoms with Crippen molar-refractivity contribution in [3.63, 3.8) is 0 Å². The molecular formula is C9H17N3O. The molecule has 4 nitrogen and oxygen atoms in total. The van der Waals surface area contributed by atoms with Crippen LogP contribution in [-0.2, 0) is 4.79 Å². The van der Waals surface area contributed by atoms with Gasteiger partial charge < -0.3 is 5.32 Å². The molecule has 4 heteroatoms. The van der Waals surface area contributed by atoms with Gasteiger partial charge in [0.25, 0.3) is 5.91 Å². The second-order valence-electron chi connectivity index (χ2n) is 3.84. The summed E-state index contributed by atoms with van der Waals surface area (Å²) in [7, 11) is 0. The Morgan fingerprint density at radius 1 is 1.54 bits per heavy atom. The fraction of sp³-hybridized carbons (Fsp3) is 0.778. The van der Waals surface area contributed by atoms with E-state index in [1.165, 1.54) is 0 Å². The number of amides is 1. The monoisotopic (exact) mass is 183 g/mol. The van der Waals surface area contributed by atoms with Crippen molar-refractivity contribution < 1.29 is 4.79 Å². The van der Waals surface area contributed by atoms with Crippen LogP contribution in [0.4, 0.5) is 0 Å². The molecule has 1 rings (SSSR count). The Hall–Kier alpha value is -1.06. The van der Waals surface area contributed by atoms with Gasteiger partial charge >= 0.3 is 0 Å². The summed E-state index contributed by atoms with van der Waals surface area (Å²) in [6.45, 7) is 7.81. The molecule has 74 valence electrons. The summed E-state index contributed by atoms with van der Waals surface area (Å²) in [6, 6.07) is 0.196. The fourth-order valence-electron chi connectivity index (χ4n) is 1.17. The zero-order valence-corrected chi connectivity index (χ0v) is 8.64. The topological polar surface area (TPSA) is 53.5 Å². The van der Waals surface area contributed by atoms with E-state index in [2.05, 4.69) is 15.6 Å². The van der Waals surface area contributed by atoms with Crippen LogP contribution in [0.1, 0.15) is 34.1 Å². The predicted octanol–water partition coefficient (Wildman–Crippen LogP) is 0.639. The van der Waals surface area contributed by atoms with Crippen molar-refractivity contribution in [2.75, 3.05) is 0 Å². The van der Waals surface area contributed by atoms with Crippen LogP contribution in [0, 0.1) is 0 Å². The highest BCUT2D eigenvalue weighted by Crippen LogP contribution is 2.13. The molecule has 0 aromatic rings. The van der Waals surface area contributed by atoms with E-state index in [1.54, 1.807) is 0 Å². The van der Waals surface area contributed by atoms with Gasteiger partial charge in [0.2, 0.25) is 0 Å². The summed E-state index contributed by atoms with van der Waals surface area (Å²) in [5.41, 5.74) is -0.478. The standard InChI is InChI=1S/C9H17N3O/c1-5-9(4)7(13)11-8(12-9)10-6(2)3/h6H,5H2,1-4H3,(H2,10,11,12,13). The van der Waals surface area contributed by atoms with Gasteiger partial charge in [-0.2, -0.15) is 0 Å². The maximum atomic E-state index is 11.5. The van der Waals surface area contributed by atoms with Gasteiger partial charge in [0.05, 0.1) is 0 Å². The molecule has 2 N–H and O–H groups in total. The fourth-order valence-corrected chi connectivity index (χ4v) is 1.17. The summed E-state index contributed by atoms with van der Waals surface area (Å²) in [5, 5.41) is 5.81. The highest BCUT2D eigenvalue weighted by atomic mass is 16.2. The summed E-state index contributed by atoms with van der Waals surface area (Å²) in [6.07, 6.45) is 0.760. The molecular weight excluding hydrogens is 166 g/mol. The van der Waals surface area contributed by atoms with Gasteiger partial charge in [-0.15, -0.1) is 0 Å². The highest BCUT2D eigenvalue weighted by Gasteiger charge is 2.38. The first-order valence-corrected chi connectivity index (χ1v) is 4.65. The van der Waals surface area contributed by atoms with Gasteiger partial charge in [-0.3, -0.25) is 15.1 Å². The number of rotatable bonds is 2. The molecule has 0 saturated carbocycles. The van der Waals surface area contributed by atoms with E-state index < -0.39 is 5.54 Å². The quantitative estimate of drug-likeness (QED) is 0.660.